The quantitative estimate of drug-likeness (QED) is 0.551. The van der Waals surface area contributed by atoms with E-state index in [2.05, 4.69) is 10.3 Å². The van der Waals surface area contributed by atoms with Gasteiger partial charge in [-0.05, 0) is 49.7 Å². The van der Waals surface area contributed by atoms with Crippen LogP contribution in [0, 0.1) is 13.8 Å². The van der Waals surface area contributed by atoms with Gasteiger partial charge in [-0.25, -0.2) is 4.98 Å². The summed E-state index contributed by atoms with van der Waals surface area (Å²) in [5.41, 5.74) is 4.36. The van der Waals surface area contributed by atoms with Gasteiger partial charge >= 0.3 is 0 Å². The number of rotatable bonds is 4. The maximum Gasteiger partial charge on any atom is 0.292 e. The number of imidazole rings is 1. The van der Waals surface area contributed by atoms with E-state index in [9.17, 15) is 9.59 Å². The molecular formula is C24H22N4O2. The van der Waals surface area contributed by atoms with E-state index in [1.165, 1.54) is 4.90 Å². The number of nitrogens with zero attached hydrogens (tertiary/aromatic N) is 3. The normalized spacial score (nSPS) is 10.8. The fraction of sp³-hybridized carbons (Fsp3) is 0.125. The first-order valence-electron chi connectivity index (χ1n) is 9.64. The molecule has 0 saturated heterocycles. The summed E-state index contributed by atoms with van der Waals surface area (Å²) in [4.78, 5) is 32.2. The van der Waals surface area contributed by atoms with E-state index in [1.54, 1.807) is 29.8 Å². The Bertz CT molecular complexity index is 1240. The molecule has 6 heteroatoms. The van der Waals surface area contributed by atoms with E-state index >= 15 is 0 Å². The van der Waals surface area contributed by atoms with Crippen molar-refractivity contribution in [3.05, 3.63) is 95.6 Å². The molecule has 2 aromatic heterocycles. The molecular weight excluding hydrogens is 376 g/mol. The Morgan fingerprint density at radius 2 is 1.70 bits per heavy atom. The molecule has 0 saturated carbocycles. The van der Waals surface area contributed by atoms with Crippen LogP contribution in [0.25, 0.3) is 5.52 Å². The maximum absolute atomic E-state index is 13.2. The zero-order valence-electron chi connectivity index (χ0n) is 17.1. The molecule has 0 fully saturated rings. The fourth-order valence-corrected chi connectivity index (χ4v) is 3.42. The Morgan fingerprint density at radius 3 is 2.43 bits per heavy atom. The predicted octanol–water partition coefficient (Wildman–Crippen LogP) is 4.48. The highest BCUT2D eigenvalue weighted by Gasteiger charge is 2.24. The summed E-state index contributed by atoms with van der Waals surface area (Å²) in [5, 5.41) is 2.91. The first-order chi connectivity index (χ1) is 14.5. The van der Waals surface area contributed by atoms with E-state index < -0.39 is 0 Å². The lowest BCUT2D eigenvalue weighted by Crippen LogP contribution is -2.26. The summed E-state index contributed by atoms with van der Waals surface area (Å²) in [6, 6.07) is 20.6. The van der Waals surface area contributed by atoms with Crippen molar-refractivity contribution < 1.29 is 9.59 Å². The van der Waals surface area contributed by atoms with E-state index in [0.717, 1.165) is 16.8 Å². The molecule has 6 nitrogen and oxygen atoms in total. The van der Waals surface area contributed by atoms with Gasteiger partial charge in [0, 0.05) is 24.6 Å². The molecule has 0 atom stereocenters. The molecule has 0 aliphatic carbocycles. The van der Waals surface area contributed by atoms with Crippen molar-refractivity contribution in [2.75, 3.05) is 17.3 Å². The van der Waals surface area contributed by atoms with Crippen molar-refractivity contribution in [1.29, 1.82) is 0 Å². The van der Waals surface area contributed by atoms with E-state index in [4.69, 9.17) is 0 Å². The second kappa shape index (κ2) is 7.83. The highest BCUT2D eigenvalue weighted by atomic mass is 16.2. The molecule has 1 N–H and O–H groups in total. The molecule has 2 aromatic carbocycles. The van der Waals surface area contributed by atoms with Gasteiger partial charge in [0.15, 0.2) is 5.69 Å². The third-order valence-corrected chi connectivity index (χ3v) is 5.03. The number of amides is 2. The van der Waals surface area contributed by atoms with Crippen LogP contribution in [0.2, 0.25) is 0 Å². The minimum absolute atomic E-state index is 0.162. The first-order valence-corrected chi connectivity index (χ1v) is 9.64. The van der Waals surface area contributed by atoms with E-state index in [-0.39, 0.29) is 23.3 Å². The summed E-state index contributed by atoms with van der Waals surface area (Å²) in [5.74, 6) is -0.490. The minimum Gasteiger partial charge on any atom is -0.319 e. The van der Waals surface area contributed by atoms with Crippen molar-refractivity contribution in [2.24, 2.45) is 0 Å². The van der Waals surface area contributed by atoms with Crippen LogP contribution >= 0.6 is 0 Å². The van der Waals surface area contributed by atoms with Crippen molar-refractivity contribution in [3.63, 3.8) is 0 Å². The molecule has 2 heterocycles. The summed E-state index contributed by atoms with van der Waals surface area (Å²) in [6.45, 7) is 3.94. The second-order valence-electron chi connectivity index (χ2n) is 7.21. The molecule has 2 amide bonds. The topological polar surface area (TPSA) is 66.7 Å². The second-order valence-corrected chi connectivity index (χ2v) is 7.21. The fourth-order valence-electron chi connectivity index (χ4n) is 3.42. The van der Waals surface area contributed by atoms with E-state index in [1.807, 2.05) is 68.4 Å². The lowest BCUT2D eigenvalue weighted by molar-refractivity contribution is 0.0990. The van der Waals surface area contributed by atoms with Crippen LogP contribution in [0.15, 0.2) is 72.9 Å². The minimum atomic E-state index is -0.371. The van der Waals surface area contributed by atoms with E-state index in [0.29, 0.717) is 11.2 Å². The predicted molar refractivity (Wildman–Crippen MR) is 118 cm³/mol. The van der Waals surface area contributed by atoms with Gasteiger partial charge in [0.2, 0.25) is 5.82 Å². The number of pyridine rings is 1. The maximum atomic E-state index is 13.2. The van der Waals surface area contributed by atoms with Gasteiger partial charge < -0.3 is 10.2 Å². The zero-order chi connectivity index (χ0) is 21.3. The lowest BCUT2D eigenvalue weighted by Gasteiger charge is -2.16. The number of carbonyl (C=O) groups excluding carboxylic acids is 2. The Hall–Kier alpha value is -3.93. The summed E-state index contributed by atoms with van der Waals surface area (Å²) in [6.07, 6.45) is 1.73. The van der Waals surface area contributed by atoms with Crippen LogP contribution in [-0.2, 0) is 0 Å². The molecule has 30 heavy (non-hydrogen) atoms. The number of para-hydroxylation sites is 1. The highest BCUT2D eigenvalue weighted by molar-refractivity contribution is 6.11. The molecule has 0 unspecified atom stereocenters. The number of nitrogens with one attached hydrogen (secondary N) is 1. The monoisotopic (exact) mass is 398 g/mol. The number of hydrogen-bond acceptors (Lipinski definition) is 3. The summed E-state index contributed by atoms with van der Waals surface area (Å²) < 4.78 is 1.64. The Kier molecular flexibility index (Phi) is 5.06. The van der Waals surface area contributed by atoms with Crippen LogP contribution in [0.5, 0.6) is 0 Å². The average molecular weight is 398 g/mol. The van der Waals surface area contributed by atoms with Gasteiger partial charge in [-0.15, -0.1) is 0 Å². The number of fused-ring (bicyclic) bond motifs is 1. The van der Waals surface area contributed by atoms with Crippen molar-refractivity contribution in [1.82, 2.24) is 9.38 Å². The summed E-state index contributed by atoms with van der Waals surface area (Å²) >= 11 is 0. The van der Waals surface area contributed by atoms with Crippen LogP contribution in [-0.4, -0.2) is 28.2 Å². The van der Waals surface area contributed by atoms with Gasteiger partial charge in [0.05, 0.1) is 5.52 Å². The molecule has 150 valence electrons. The van der Waals surface area contributed by atoms with Crippen molar-refractivity contribution >= 4 is 28.7 Å². The molecule has 4 aromatic rings. The van der Waals surface area contributed by atoms with Crippen molar-refractivity contribution in [2.45, 2.75) is 13.8 Å². The van der Waals surface area contributed by atoms with Crippen molar-refractivity contribution in [3.8, 4) is 0 Å². The molecule has 0 aliphatic rings. The number of carbonyl (C=O) groups is 2. The molecule has 0 aliphatic heterocycles. The largest absolute Gasteiger partial charge is 0.319 e. The third kappa shape index (κ3) is 3.55. The highest BCUT2D eigenvalue weighted by Crippen LogP contribution is 2.21. The molecule has 0 radical (unpaired) electrons. The smallest absolute Gasteiger partial charge is 0.292 e. The zero-order valence-corrected chi connectivity index (χ0v) is 17.1. The molecule has 0 spiro atoms. The van der Waals surface area contributed by atoms with Gasteiger partial charge in [0.1, 0.15) is 0 Å². The van der Waals surface area contributed by atoms with Crippen LogP contribution < -0.4 is 10.2 Å². The van der Waals surface area contributed by atoms with Gasteiger partial charge in [0.25, 0.3) is 11.8 Å². The van der Waals surface area contributed by atoms with Gasteiger partial charge in [-0.1, -0.05) is 42.0 Å². The summed E-state index contributed by atoms with van der Waals surface area (Å²) in [7, 11) is 1.70. The van der Waals surface area contributed by atoms with Gasteiger partial charge in [-0.3, -0.25) is 14.0 Å². The van der Waals surface area contributed by atoms with Gasteiger partial charge in [-0.2, -0.15) is 0 Å². The van der Waals surface area contributed by atoms with Crippen LogP contribution in [0.1, 0.15) is 32.2 Å². The average Bonchev–Trinajstić information content (AvgIpc) is 3.15. The molecule has 4 rings (SSSR count). The number of hydrogen-bond donors (Lipinski definition) is 1. The SMILES string of the molecule is Cc1ccc(NC(=O)c2nc(C(=O)N(C)c3ccccc3)c3ccccn23)c(C)c1. The van der Waals surface area contributed by atoms with Crippen LogP contribution in [0.4, 0.5) is 11.4 Å². The first kappa shape index (κ1) is 19.4. The van der Waals surface area contributed by atoms with Crippen LogP contribution in [0.3, 0.4) is 0 Å². The molecule has 0 bridgehead atoms. The standard InChI is InChI=1S/C24H22N4O2/c1-16-12-13-19(17(2)15-16)25-23(29)22-26-21(20-11-7-8-14-28(20)22)24(30)27(3)18-9-5-4-6-10-18/h4-15H,1-3H3,(H,25,29). The number of aromatic nitrogens is 2. The Balaban J connectivity index is 1.72. The number of aryl methyl sites for hydroxylation is 2. The number of benzene rings is 2. The Labute approximate surface area is 174 Å². The lowest BCUT2D eigenvalue weighted by atomic mass is 10.1. The Morgan fingerprint density at radius 1 is 0.967 bits per heavy atom. The third-order valence-electron chi connectivity index (χ3n) is 5.03. The number of anilines is 2.